The zero-order chi connectivity index (χ0) is 10.8. The van der Waals surface area contributed by atoms with Gasteiger partial charge in [0.2, 0.25) is 0 Å². The Morgan fingerprint density at radius 1 is 1.33 bits per heavy atom. The molecule has 0 aromatic heterocycles. The Morgan fingerprint density at radius 2 is 2.13 bits per heavy atom. The zero-order valence-electron chi connectivity index (χ0n) is 9.55. The van der Waals surface area contributed by atoms with Gasteiger partial charge in [0.25, 0.3) is 0 Å². The van der Waals surface area contributed by atoms with E-state index in [4.69, 9.17) is 0 Å². The first-order valence-electron chi connectivity index (χ1n) is 5.92. The second-order valence-corrected chi connectivity index (χ2v) is 4.39. The van der Waals surface area contributed by atoms with Crippen LogP contribution in [0.4, 0.5) is 0 Å². The molecule has 0 saturated heterocycles. The van der Waals surface area contributed by atoms with Crippen LogP contribution < -0.4 is 0 Å². The largest absolute Gasteiger partial charge is 0.294 e. The molecule has 1 aromatic carbocycles. The topological polar surface area (TPSA) is 17.1 Å². The van der Waals surface area contributed by atoms with Crippen molar-refractivity contribution in [3.8, 4) is 0 Å². The molecule has 0 spiro atoms. The van der Waals surface area contributed by atoms with E-state index in [0.29, 0.717) is 11.7 Å². The van der Waals surface area contributed by atoms with Crippen molar-refractivity contribution in [3.63, 3.8) is 0 Å². The van der Waals surface area contributed by atoms with E-state index in [2.05, 4.69) is 32.0 Å². The summed E-state index contributed by atoms with van der Waals surface area (Å²) in [6.45, 7) is 4.31. The van der Waals surface area contributed by atoms with Crippen LogP contribution in [0, 0.1) is 0 Å². The monoisotopic (exact) mass is 202 g/mol. The van der Waals surface area contributed by atoms with Gasteiger partial charge in [0.1, 0.15) is 0 Å². The van der Waals surface area contributed by atoms with Crippen molar-refractivity contribution in [1.29, 1.82) is 0 Å². The summed E-state index contributed by atoms with van der Waals surface area (Å²) in [6, 6.07) is 6.42. The molecule has 1 nitrogen and oxygen atoms in total. The lowest BCUT2D eigenvalue weighted by molar-refractivity contribution is 0.0988. The van der Waals surface area contributed by atoms with E-state index in [0.717, 1.165) is 31.2 Å². The molecule has 1 unspecified atom stereocenters. The molecule has 0 heterocycles. The van der Waals surface area contributed by atoms with Crippen LogP contribution in [0.5, 0.6) is 0 Å². The molecule has 0 aliphatic heterocycles. The molecule has 1 aliphatic carbocycles. The fourth-order valence-corrected chi connectivity index (χ4v) is 2.47. The molecule has 0 fully saturated rings. The molecule has 1 aliphatic rings. The Morgan fingerprint density at radius 3 is 2.80 bits per heavy atom. The molecule has 0 radical (unpaired) electrons. The Labute approximate surface area is 91.5 Å². The lowest BCUT2D eigenvalue weighted by Crippen LogP contribution is -1.93. The number of Topliss-reactive ketones (excluding diaryl/α,β-unsaturated/α-hetero) is 1. The first-order valence-corrected chi connectivity index (χ1v) is 5.92. The summed E-state index contributed by atoms with van der Waals surface area (Å²) >= 11 is 0. The van der Waals surface area contributed by atoms with Gasteiger partial charge in [-0.1, -0.05) is 32.4 Å². The van der Waals surface area contributed by atoms with E-state index in [1.54, 1.807) is 0 Å². The van der Waals surface area contributed by atoms with Gasteiger partial charge < -0.3 is 0 Å². The maximum atomic E-state index is 11.8. The van der Waals surface area contributed by atoms with E-state index in [-0.39, 0.29) is 0 Å². The highest BCUT2D eigenvalue weighted by Gasteiger charge is 2.28. The summed E-state index contributed by atoms with van der Waals surface area (Å²) < 4.78 is 0. The summed E-state index contributed by atoms with van der Waals surface area (Å²) in [5.74, 6) is 0.835. The van der Waals surface area contributed by atoms with Crippen LogP contribution in [0.1, 0.15) is 60.5 Å². The van der Waals surface area contributed by atoms with Gasteiger partial charge >= 0.3 is 0 Å². The highest BCUT2D eigenvalue weighted by Crippen LogP contribution is 2.36. The summed E-state index contributed by atoms with van der Waals surface area (Å²) in [5, 5.41) is 0. The van der Waals surface area contributed by atoms with Crippen LogP contribution in [0.25, 0.3) is 0 Å². The summed E-state index contributed by atoms with van der Waals surface area (Å²) in [6.07, 6.45) is 4.05. The summed E-state index contributed by atoms with van der Waals surface area (Å²) in [5.41, 5.74) is 3.56. The van der Waals surface area contributed by atoms with Crippen molar-refractivity contribution in [3.05, 3.63) is 34.9 Å². The SMILES string of the molecule is CCCC1CC(=O)c2cc(CC)ccc21. The van der Waals surface area contributed by atoms with Gasteiger partial charge in [0.05, 0.1) is 0 Å². The van der Waals surface area contributed by atoms with Gasteiger partial charge in [0.15, 0.2) is 5.78 Å². The number of benzene rings is 1. The lowest BCUT2D eigenvalue weighted by atomic mass is 9.95. The van der Waals surface area contributed by atoms with E-state index in [1.807, 2.05) is 0 Å². The van der Waals surface area contributed by atoms with Gasteiger partial charge in [-0.25, -0.2) is 0 Å². The van der Waals surface area contributed by atoms with Gasteiger partial charge in [-0.05, 0) is 36.0 Å². The maximum Gasteiger partial charge on any atom is 0.163 e. The quantitative estimate of drug-likeness (QED) is 0.730. The minimum atomic E-state index is 0.346. The average molecular weight is 202 g/mol. The van der Waals surface area contributed by atoms with Crippen LogP contribution in [0.3, 0.4) is 0 Å². The second kappa shape index (κ2) is 4.18. The van der Waals surface area contributed by atoms with E-state index in [9.17, 15) is 4.79 Å². The molecule has 80 valence electrons. The average Bonchev–Trinajstić information content (AvgIpc) is 2.56. The van der Waals surface area contributed by atoms with Crippen molar-refractivity contribution >= 4 is 5.78 Å². The molecule has 1 heteroatoms. The fourth-order valence-electron chi connectivity index (χ4n) is 2.47. The first-order chi connectivity index (χ1) is 7.26. The van der Waals surface area contributed by atoms with Crippen molar-refractivity contribution < 1.29 is 4.79 Å². The molecule has 1 atom stereocenters. The Bertz CT molecular complexity index is 379. The number of rotatable bonds is 3. The van der Waals surface area contributed by atoms with Crippen LogP contribution in [-0.4, -0.2) is 5.78 Å². The lowest BCUT2D eigenvalue weighted by Gasteiger charge is -2.09. The molecule has 0 saturated carbocycles. The number of carbonyl (C=O) groups is 1. The van der Waals surface area contributed by atoms with Gasteiger partial charge in [-0.15, -0.1) is 0 Å². The summed E-state index contributed by atoms with van der Waals surface area (Å²) in [7, 11) is 0. The van der Waals surface area contributed by atoms with Crippen molar-refractivity contribution in [1.82, 2.24) is 0 Å². The van der Waals surface area contributed by atoms with Crippen LogP contribution >= 0.6 is 0 Å². The van der Waals surface area contributed by atoms with Gasteiger partial charge in [0, 0.05) is 12.0 Å². The predicted octanol–water partition coefficient (Wildman–Crippen LogP) is 3.72. The Hall–Kier alpha value is -1.11. The number of hydrogen-bond acceptors (Lipinski definition) is 1. The molecular weight excluding hydrogens is 184 g/mol. The minimum Gasteiger partial charge on any atom is -0.294 e. The Kier molecular flexibility index (Phi) is 2.90. The third-order valence-electron chi connectivity index (χ3n) is 3.34. The normalized spacial score (nSPS) is 19.3. The Balaban J connectivity index is 2.36. The molecule has 15 heavy (non-hydrogen) atoms. The zero-order valence-corrected chi connectivity index (χ0v) is 9.55. The van der Waals surface area contributed by atoms with E-state index in [1.165, 1.54) is 11.1 Å². The van der Waals surface area contributed by atoms with Gasteiger partial charge in [-0.3, -0.25) is 4.79 Å². The highest BCUT2D eigenvalue weighted by atomic mass is 16.1. The number of carbonyl (C=O) groups excluding carboxylic acids is 1. The van der Waals surface area contributed by atoms with Crippen LogP contribution in [0.15, 0.2) is 18.2 Å². The van der Waals surface area contributed by atoms with Crippen molar-refractivity contribution in [2.45, 2.75) is 45.4 Å². The van der Waals surface area contributed by atoms with Crippen LogP contribution in [0.2, 0.25) is 0 Å². The smallest absolute Gasteiger partial charge is 0.163 e. The number of ketones is 1. The third kappa shape index (κ3) is 1.83. The highest BCUT2D eigenvalue weighted by molar-refractivity contribution is 6.01. The van der Waals surface area contributed by atoms with E-state index < -0.39 is 0 Å². The maximum absolute atomic E-state index is 11.8. The molecule has 1 aromatic rings. The predicted molar refractivity (Wildman–Crippen MR) is 62.4 cm³/mol. The number of aryl methyl sites for hydroxylation is 1. The molecule has 0 amide bonds. The van der Waals surface area contributed by atoms with Crippen LogP contribution in [-0.2, 0) is 6.42 Å². The number of fused-ring (bicyclic) bond motifs is 1. The molecule has 0 N–H and O–H groups in total. The number of hydrogen-bond donors (Lipinski definition) is 0. The van der Waals surface area contributed by atoms with Crippen molar-refractivity contribution in [2.24, 2.45) is 0 Å². The summed E-state index contributed by atoms with van der Waals surface area (Å²) in [4.78, 5) is 11.8. The van der Waals surface area contributed by atoms with E-state index >= 15 is 0 Å². The molecular formula is C14H18O. The van der Waals surface area contributed by atoms with Gasteiger partial charge in [-0.2, -0.15) is 0 Å². The third-order valence-corrected chi connectivity index (χ3v) is 3.34. The fraction of sp³-hybridized carbons (Fsp3) is 0.500. The first kappa shape index (κ1) is 10.4. The molecule has 2 rings (SSSR count). The van der Waals surface area contributed by atoms with Crippen molar-refractivity contribution in [2.75, 3.05) is 0 Å². The second-order valence-electron chi connectivity index (χ2n) is 4.39. The minimum absolute atomic E-state index is 0.346. The molecule has 0 bridgehead atoms. The standard InChI is InChI=1S/C14H18O/c1-3-5-11-9-14(15)13-8-10(4-2)6-7-12(11)13/h6-8,11H,3-5,9H2,1-2H3.